The van der Waals surface area contributed by atoms with Gasteiger partial charge in [0.15, 0.2) is 0 Å². The average molecular weight is 301 g/mol. The fourth-order valence-corrected chi connectivity index (χ4v) is 2.10. The van der Waals surface area contributed by atoms with Crippen LogP contribution in [0.15, 0.2) is 22.7 Å². The highest BCUT2D eigenvalue weighted by Gasteiger charge is 2.52. The van der Waals surface area contributed by atoms with Gasteiger partial charge in [0.05, 0.1) is 11.2 Å². The number of rotatable bonds is 1. The molecule has 1 aliphatic heterocycles. The second kappa shape index (κ2) is 4.07. The van der Waals surface area contributed by atoms with Gasteiger partial charge in [-0.1, -0.05) is 15.9 Å². The first kappa shape index (κ1) is 13.1. The number of benzene rings is 1. The third-order valence-electron chi connectivity index (χ3n) is 3.47. The summed E-state index contributed by atoms with van der Waals surface area (Å²) in [4.78, 5) is 0. The monoisotopic (exact) mass is 300 g/mol. The Morgan fingerprint density at radius 1 is 1.12 bits per heavy atom. The van der Waals surface area contributed by atoms with Gasteiger partial charge in [-0.25, -0.2) is 4.39 Å². The van der Waals surface area contributed by atoms with E-state index in [1.165, 1.54) is 12.1 Å². The van der Waals surface area contributed by atoms with Crippen LogP contribution in [0.3, 0.4) is 0 Å². The number of hydrogen-bond donors (Lipinski definition) is 0. The molecule has 0 atom stereocenters. The fraction of sp³-hybridized carbons (Fsp3) is 0.500. The van der Waals surface area contributed by atoms with E-state index in [0.29, 0.717) is 5.46 Å². The van der Waals surface area contributed by atoms with E-state index in [1.807, 2.05) is 27.7 Å². The molecule has 5 heteroatoms. The van der Waals surface area contributed by atoms with E-state index in [2.05, 4.69) is 15.9 Å². The summed E-state index contributed by atoms with van der Waals surface area (Å²) in [6.07, 6.45) is 0. The van der Waals surface area contributed by atoms with E-state index < -0.39 is 18.3 Å². The van der Waals surface area contributed by atoms with Crippen LogP contribution in [0, 0.1) is 5.82 Å². The van der Waals surface area contributed by atoms with Crippen LogP contribution in [0.4, 0.5) is 4.39 Å². The molecule has 0 spiro atoms. The minimum absolute atomic E-state index is 0.294. The Labute approximate surface area is 110 Å². The first-order chi connectivity index (χ1) is 7.73. The van der Waals surface area contributed by atoms with Gasteiger partial charge in [-0.3, -0.25) is 0 Å². The summed E-state index contributed by atoms with van der Waals surface area (Å²) in [5.74, 6) is -0.294. The lowest BCUT2D eigenvalue weighted by Gasteiger charge is -2.32. The van der Waals surface area contributed by atoms with Crippen LogP contribution in [0.25, 0.3) is 0 Å². The Bertz CT molecular complexity index is 432. The Morgan fingerprint density at radius 3 is 2.18 bits per heavy atom. The molecule has 0 amide bonds. The summed E-state index contributed by atoms with van der Waals surface area (Å²) in [6, 6.07) is 4.50. The molecule has 0 radical (unpaired) electrons. The predicted octanol–water partition coefficient (Wildman–Crippen LogP) is 2.89. The Balaban J connectivity index is 2.35. The van der Waals surface area contributed by atoms with Crippen molar-refractivity contribution < 1.29 is 13.7 Å². The van der Waals surface area contributed by atoms with Crippen molar-refractivity contribution >= 4 is 28.5 Å². The highest BCUT2D eigenvalue weighted by atomic mass is 79.9. The first-order valence-corrected chi connectivity index (χ1v) is 6.33. The summed E-state index contributed by atoms with van der Waals surface area (Å²) < 4.78 is 25.8. The average Bonchev–Trinajstić information content (AvgIpc) is 2.40. The Kier molecular flexibility index (Phi) is 3.13. The van der Waals surface area contributed by atoms with Crippen molar-refractivity contribution in [2.75, 3.05) is 0 Å². The molecule has 0 aromatic heterocycles. The molecule has 2 nitrogen and oxygen atoms in total. The summed E-state index contributed by atoms with van der Waals surface area (Å²) >= 11 is 3.39. The van der Waals surface area contributed by atoms with Crippen molar-refractivity contribution in [1.29, 1.82) is 0 Å². The van der Waals surface area contributed by atoms with Gasteiger partial charge in [0.2, 0.25) is 0 Å². The van der Waals surface area contributed by atoms with Crippen LogP contribution in [-0.2, 0) is 9.31 Å². The highest BCUT2D eigenvalue weighted by molar-refractivity contribution is 9.10. The van der Waals surface area contributed by atoms with Gasteiger partial charge in [0, 0.05) is 4.47 Å². The molecule has 1 aliphatic rings. The fourth-order valence-electron chi connectivity index (χ4n) is 1.67. The third-order valence-corrected chi connectivity index (χ3v) is 4.19. The van der Waals surface area contributed by atoms with Gasteiger partial charge >= 0.3 is 7.12 Å². The molecule has 1 heterocycles. The van der Waals surface area contributed by atoms with Gasteiger partial charge in [-0.15, -0.1) is 0 Å². The lowest BCUT2D eigenvalue weighted by molar-refractivity contribution is 0.00578. The maximum Gasteiger partial charge on any atom is 0.496 e. The van der Waals surface area contributed by atoms with E-state index in [0.717, 1.165) is 4.47 Å². The summed E-state index contributed by atoms with van der Waals surface area (Å²) in [6.45, 7) is 7.89. The molecular formula is C12H15BBrFO2. The highest BCUT2D eigenvalue weighted by Crippen LogP contribution is 2.36. The molecule has 0 unspecified atom stereocenters. The SMILES string of the molecule is CC1(C)OB(c2cc(F)ccc2Br)OC1(C)C. The van der Waals surface area contributed by atoms with E-state index >= 15 is 0 Å². The van der Waals surface area contributed by atoms with Crippen LogP contribution in [-0.4, -0.2) is 18.3 Å². The lowest BCUT2D eigenvalue weighted by atomic mass is 9.79. The minimum atomic E-state index is -0.537. The largest absolute Gasteiger partial charge is 0.496 e. The zero-order valence-electron chi connectivity index (χ0n) is 10.4. The van der Waals surface area contributed by atoms with Crippen molar-refractivity contribution in [2.24, 2.45) is 0 Å². The van der Waals surface area contributed by atoms with Crippen LogP contribution < -0.4 is 5.46 Å². The van der Waals surface area contributed by atoms with E-state index in [-0.39, 0.29) is 5.82 Å². The van der Waals surface area contributed by atoms with Crippen molar-refractivity contribution in [3.05, 3.63) is 28.5 Å². The van der Waals surface area contributed by atoms with Crippen LogP contribution in [0.1, 0.15) is 27.7 Å². The number of halogens is 2. The minimum Gasteiger partial charge on any atom is -0.399 e. The lowest BCUT2D eigenvalue weighted by Crippen LogP contribution is -2.41. The third kappa shape index (κ3) is 2.28. The maximum absolute atomic E-state index is 13.3. The normalized spacial score (nSPS) is 21.9. The molecule has 92 valence electrons. The Hall–Kier alpha value is -0.385. The van der Waals surface area contributed by atoms with Crippen LogP contribution in [0.2, 0.25) is 0 Å². The molecule has 0 bridgehead atoms. The maximum atomic E-state index is 13.3. The first-order valence-electron chi connectivity index (χ1n) is 5.53. The molecule has 1 fully saturated rings. The van der Waals surface area contributed by atoms with Gasteiger partial charge < -0.3 is 9.31 Å². The molecule has 1 aromatic carbocycles. The molecule has 0 aliphatic carbocycles. The van der Waals surface area contributed by atoms with Crippen molar-refractivity contribution in [3.63, 3.8) is 0 Å². The topological polar surface area (TPSA) is 18.5 Å². The molecule has 17 heavy (non-hydrogen) atoms. The van der Waals surface area contributed by atoms with Crippen molar-refractivity contribution in [3.8, 4) is 0 Å². The van der Waals surface area contributed by atoms with E-state index in [9.17, 15) is 4.39 Å². The van der Waals surface area contributed by atoms with E-state index in [4.69, 9.17) is 9.31 Å². The van der Waals surface area contributed by atoms with Crippen LogP contribution in [0.5, 0.6) is 0 Å². The smallest absolute Gasteiger partial charge is 0.399 e. The standard InChI is InChI=1S/C12H15BBrFO2/c1-11(2)12(3,4)17-13(16-11)9-7-8(15)5-6-10(9)14/h5-7H,1-4H3. The zero-order valence-corrected chi connectivity index (χ0v) is 12.0. The second-order valence-electron chi connectivity index (χ2n) is 5.25. The molecule has 0 N–H and O–H groups in total. The summed E-state index contributed by atoms with van der Waals surface area (Å²) in [5, 5.41) is 0. The van der Waals surface area contributed by atoms with E-state index in [1.54, 1.807) is 6.07 Å². The zero-order chi connectivity index (χ0) is 12.8. The van der Waals surface area contributed by atoms with Crippen LogP contribution >= 0.6 is 15.9 Å². The molecular weight excluding hydrogens is 286 g/mol. The van der Waals surface area contributed by atoms with Gasteiger partial charge in [0.25, 0.3) is 0 Å². The molecule has 1 aromatic rings. The summed E-state index contributed by atoms with van der Waals surface area (Å²) in [5.41, 5.74) is -0.143. The number of hydrogen-bond acceptors (Lipinski definition) is 2. The molecule has 2 rings (SSSR count). The van der Waals surface area contributed by atoms with Gasteiger partial charge in [0.1, 0.15) is 5.82 Å². The van der Waals surface area contributed by atoms with Gasteiger partial charge in [-0.2, -0.15) is 0 Å². The quantitative estimate of drug-likeness (QED) is 0.743. The van der Waals surface area contributed by atoms with Crippen molar-refractivity contribution in [1.82, 2.24) is 0 Å². The predicted molar refractivity (Wildman–Crippen MR) is 69.8 cm³/mol. The molecule has 0 saturated carbocycles. The second-order valence-corrected chi connectivity index (χ2v) is 6.11. The Morgan fingerprint density at radius 2 is 1.65 bits per heavy atom. The molecule has 1 saturated heterocycles. The van der Waals surface area contributed by atoms with Crippen molar-refractivity contribution in [2.45, 2.75) is 38.9 Å². The summed E-state index contributed by atoms with van der Waals surface area (Å²) in [7, 11) is -0.537. The van der Waals surface area contributed by atoms with Gasteiger partial charge in [-0.05, 0) is 51.4 Å².